The predicted octanol–water partition coefficient (Wildman–Crippen LogP) is 8.58. The van der Waals surface area contributed by atoms with Crippen molar-refractivity contribution < 1.29 is 4.74 Å². The Labute approximate surface area is 153 Å². The van der Waals surface area contributed by atoms with E-state index >= 15 is 0 Å². The number of unbranched alkanes of at least 4 members (excludes halogenated alkanes) is 14. The van der Waals surface area contributed by atoms with Gasteiger partial charge in [-0.2, -0.15) is 0 Å². The standard InChI is InChI=1S/C23H46O/c1-5-7-8-9-10-11-12-13-14-15-16-17-18-19-20-21-23(3,4)24-22-6-2/h6,22H,5,7-21H2,1-4H3. The third-order valence-electron chi connectivity index (χ3n) is 4.91. The zero-order valence-electron chi connectivity index (χ0n) is 17.4. The molecule has 0 rings (SSSR count). The second-order valence-electron chi connectivity index (χ2n) is 8.05. The smallest absolute Gasteiger partial charge is 0.103 e. The van der Waals surface area contributed by atoms with Gasteiger partial charge in [0.15, 0.2) is 0 Å². The molecule has 0 spiro atoms. The van der Waals surface area contributed by atoms with Crippen LogP contribution in [0.25, 0.3) is 0 Å². The van der Waals surface area contributed by atoms with Crippen LogP contribution in [0.3, 0.4) is 0 Å². The van der Waals surface area contributed by atoms with E-state index in [1.54, 1.807) is 0 Å². The summed E-state index contributed by atoms with van der Waals surface area (Å²) in [6.45, 7) is 8.68. The van der Waals surface area contributed by atoms with Crippen molar-refractivity contribution in [1.29, 1.82) is 0 Å². The Bertz CT molecular complexity index is 267. The topological polar surface area (TPSA) is 9.23 Å². The normalized spacial score (nSPS) is 12.2. The van der Waals surface area contributed by atoms with Crippen molar-refractivity contribution in [2.45, 2.75) is 136 Å². The molecule has 0 radical (unpaired) electrons. The molecular formula is C23H46O. The molecule has 0 aromatic carbocycles. The third-order valence-corrected chi connectivity index (χ3v) is 4.91. The van der Waals surface area contributed by atoms with Gasteiger partial charge in [-0.15, -0.1) is 0 Å². The molecule has 144 valence electrons. The molecule has 0 bridgehead atoms. The summed E-state index contributed by atoms with van der Waals surface area (Å²) in [6, 6.07) is 0. The highest BCUT2D eigenvalue weighted by Crippen LogP contribution is 2.20. The summed E-state index contributed by atoms with van der Waals surface area (Å²) in [4.78, 5) is 0. The van der Waals surface area contributed by atoms with Gasteiger partial charge in [-0.25, -0.2) is 0 Å². The minimum Gasteiger partial charge on any atom is -0.496 e. The van der Waals surface area contributed by atoms with Crippen LogP contribution < -0.4 is 0 Å². The van der Waals surface area contributed by atoms with Crippen LogP contribution in [-0.4, -0.2) is 5.60 Å². The number of ether oxygens (including phenoxy) is 1. The van der Waals surface area contributed by atoms with Crippen LogP contribution in [0.15, 0.2) is 12.3 Å². The fourth-order valence-electron chi connectivity index (χ4n) is 3.23. The first-order valence-electron chi connectivity index (χ1n) is 10.9. The Morgan fingerprint density at radius 3 is 1.38 bits per heavy atom. The lowest BCUT2D eigenvalue weighted by Gasteiger charge is -2.24. The fraction of sp³-hybridized carbons (Fsp3) is 0.913. The van der Waals surface area contributed by atoms with E-state index in [1.165, 1.54) is 96.3 Å². The molecule has 0 aliphatic rings. The van der Waals surface area contributed by atoms with Gasteiger partial charge in [0, 0.05) is 0 Å². The first-order chi connectivity index (χ1) is 11.6. The van der Waals surface area contributed by atoms with E-state index in [1.807, 2.05) is 19.3 Å². The quantitative estimate of drug-likeness (QED) is 0.179. The molecule has 0 aromatic rings. The van der Waals surface area contributed by atoms with Crippen molar-refractivity contribution in [3.05, 3.63) is 12.3 Å². The van der Waals surface area contributed by atoms with Crippen LogP contribution in [0.4, 0.5) is 0 Å². The molecule has 0 saturated heterocycles. The second kappa shape index (κ2) is 17.4. The van der Waals surface area contributed by atoms with Crippen LogP contribution in [0, 0.1) is 0 Å². The van der Waals surface area contributed by atoms with Gasteiger partial charge in [-0.3, -0.25) is 0 Å². The van der Waals surface area contributed by atoms with E-state index in [0.29, 0.717) is 0 Å². The molecule has 0 aliphatic heterocycles. The van der Waals surface area contributed by atoms with Gasteiger partial charge in [-0.05, 0) is 33.6 Å². The van der Waals surface area contributed by atoms with Crippen molar-refractivity contribution in [2.24, 2.45) is 0 Å². The van der Waals surface area contributed by atoms with Gasteiger partial charge in [0.05, 0.1) is 6.26 Å². The fourth-order valence-corrected chi connectivity index (χ4v) is 3.23. The van der Waals surface area contributed by atoms with Gasteiger partial charge in [-0.1, -0.05) is 103 Å². The second-order valence-corrected chi connectivity index (χ2v) is 8.05. The zero-order chi connectivity index (χ0) is 17.9. The number of allylic oxidation sites excluding steroid dienone is 1. The Balaban J connectivity index is 3.17. The molecular weight excluding hydrogens is 292 g/mol. The molecule has 24 heavy (non-hydrogen) atoms. The summed E-state index contributed by atoms with van der Waals surface area (Å²) in [5.41, 5.74) is 0.00303. The van der Waals surface area contributed by atoms with Gasteiger partial charge >= 0.3 is 0 Å². The van der Waals surface area contributed by atoms with Crippen molar-refractivity contribution in [3.8, 4) is 0 Å². The summed E-state index contributed by atoms with van der Waals surface area (Å²) in [5, 5.41) is 0. The minimum atomic E-state index is 0.00303. The van der Waals surface area contributed by atoms with E-state index in [4.69, 9.17) is 4.74 Å². The first-order valence-corrected chi connectivity index (χ1v) is 10.9. The Morgan fingerprint density at radius 2 is 1.00 bits per heavy atom. The summed E-state index contributed by atoms with van der Waals surface area (Å²) in [7, 11) is 0. The maximum absolute atomic E-state index is 5.72. The van der Waals surface area contributed by atoms with Gasteiger partial charge in [0.25, 0.3) is 0 Å². The molecule has 0 fully saturated rings. The van der Waals surface area contributed by atoms with E-state index in [-0.39, 0.29) is 5.60 Å². The average Bonchev–Trinajstić information content (AvgIpc) is 2.56. The number of hydrogen-bond acceptors (Lipinski definition) is 1. The first kappa shape index (κ1) is 23.5. The maximum Gasteiger partial charge on any atom is 0.103 e. The summed E-state index contributed by atoms with van der Waals surface area (Å²) in [5.74, 6) is 0. The van der Waals surface area contributed by atoms with Crippen LogP contribution >= 0.6 is 0 Å². The molecule has 0 unspecified atom stereocenters. The molecule has 0 N–H and O–H groups in total. The highest BCUT2D eigenvalue weighted by atomic mass is 16.5. The number of hydrogen-bond donors (Lipinski definition) is 0. The monoisotopic (exact) mass is 338 g/mol. The summed E-state index contributed by atoms with van der Waals surface area (Å²) in [6.07, 6.45) is 26.4. The summed E-state index contributed by atoms with van der Waals surface area (Å²) < 4.78 is 5.72. The highest BCUT2D eigenvalue weighted by Gasteiger charge is 2.16. The highest BCUT2D eigenvalue weighted by molar-refractivity contribution is 4.75. The lowest BCUT2D eigenvalue weighted by atomic mass is 9.99. The van der Waals surface area contributed by atoms with Crippen LogP contribution in [0.1, 0.15) is 130 Å². The van der Waals surface area contributed by atoms with Crippen molar-refractivity contribution in [2.75, 3.05) is 0 Å². The van der Waals surface area contributed by atoms with Crippen molar-refractivity contribution >= 4 is 0 Å². The largest absolute Gasteiger partial charge is 0.496 e. The van der Waals surface area contributed by atoms with Crippen LogP contribution in [0.5, 0.6) is 0 Å². The molecule has 0 amide bonds. The van der Waals surface area contributed by atoms with Crippen LogP contribution in [-0.2, 0) is 4.74 Å². The van der Waals surface area contributed by atoms with Gasteiger partial charge in [0.2, 0.25) is 0 Å². The third kappa shape index (κ3) is 17.9. The minimum absolute atomic E-state index is 0.00303. The molecule has 0 heterocycles. The molecule has 0 atom stereocenters. The lowest BCUT2D eigenvalue weighted by Crippen LogP contribution is -2.21. The van der Waals surface area contributed by atoms with Gasteiger partial charge < -0.3 is 4.74 Å². The van der Waals surface area contributed by atoms with E-state index in [0.717, 1.165) is 6.42 Å². The predicted molar refractivity (Wildman–Crippen MR) is 110 cm³/mol. The SMILES string of the molecule is CC=COC(C)(C)CCCCCCCCCCCCCCCCC. The molecule has 0 saturated carbocycles. The molecule has 0 aromatic heterocycles. The Morgan fingerprint density at radius 1 is 0.625 bits per heavy atom. The molecule has 1 nitrogen and oxygen atoms in total. The summed E-state index contributed by atoms with van der Waals surface area (Å²) >= 11 is 0. The van der Waals surface area contributed by atoms with Gasteiger partial charge in [0.1, 0.15) is 5.60 Å². The molecule has 0 aliphatic carbocycles. The lowest BCUT2D eigenvalue weighted by molar-refractivity contribution is 0.0467. The van der Waals surface area contributed by atoms with E-state index in [9.17, 15) is 0 Å². The Hall–Kier alpha value is -0.460. The van der Waals surface area contributed by atoms with Crippen molar-refractivity contribution in [3.63, 3.8) is 0 Å². The zero-order valence-corrected chi connectivity index (χ0v) is 17.4. The maximum atomic E-state index is 5.72. The number of rotatable bonds is 18. The van der Waals surface area contributed by atoms with Crippen LogP contribution in [0.2, 0.25) is 0 Å². The van der Waals surface area contributed by atoms with E-state index in [2.05, 4.69) is 20.8 Å². The van der Waals surface area contributed by atoms with E-state index < -0.39 is 0 Å². The Kier molecular flexibility index (Phi) is 17.0. The average molecular weight is 339 g/mol. The molecule has 1 heteroatoms. The van der Waals surface area contributed by atoms with Crippen molar-refractivity contribution in [1.82, 2.24) is 0 Å².